The van der Waals surface area contributed by atoms with Crippen molar-refractivity contribution < 1.29 is 23.1 Å². The maximum Gasteiger partial charge on any atom is 0.337 e. The summed E-state index contributed by atoms with van der Waals surface area (Å²) in [4.78, 5) is 15.7. The fourth-order valence-corrected chi connectivity index (χ4v) is 4.91. The molecule has 1 aliphatic heterocycles. The predicted molar refractivity (Wildman–Crippen MR) is 105 cm³/mol. The molecule has 0 fully saturated rings. The molecule has 0 unspecified atom stereocenters. The molecule has 0 bridgehead atoms. The van der Waals surface area contributed by atoms with Gasteiger partial charge >= 0.3 is 5.97 Å². The van der Waals surface area contributed by atoms with Crippen LogP contribution in [0.1, 0.15) is 15.9 Å². The molecular weight excluding hydrogens is 404 g/mol. The van der Waals surface area contributed by atoms with Gasteiger partial charge < -0.3 is 9.84 Å². The second-order valence-electron chi connectivity index (χ2n) is 6.30. The number of aromatic carboxylic acids is 1. The number of carboxylic acid groups (broad SMARTS) is 1. The number of carbonyl (C=O) groups is 1. The van der Waals surface area contributed by atoms with E-state index in [9.17, 15) is 18.3 Å². The van der Waals surface area contributed by atoms with Crippen molar-refractivity contribution in [3.8, 4) is 5.75 Å². The molecule has 1 N–H and O–H groups in total. The van der Waals surface area contributed by atoms with E-state index in [1.54, 1.807) is 19.2 Å². The van der Waals surface area contributed by atoms with Gasteiger partial charge in [0.25, 0.3) is 10.0 Å². The van der Waals surface area contributed by atoms with E-state index < -0.39 is 16.0 Å². The Kier molecular flexibility index (Phi) is 4.40. The average molecular weight is 419 g/mol. The molecule has 0 amide bonds. The van der Waals surface area contributed by atoms with Crippen LogP contribution in [0.15, 0.2) is 47.4 Å². The van der Waals surface area contributed by atoms with Gasteiger partial charge in [0.05, 0.1) is 28.1 Å². The summed E-state index contributed by atoms with van der Waals surface area (Å²) in [5.74, 6) is -0.245. The smallest absolute Gasteiger partial charge is 0.337 e. The molecule has 7 nitrogen and oxygen atoms in total. The summed E-state index contributed by atoms with van der Waals surface area (Å²) < 4.78 is 32.7. The highest BCUT2D eigenvalue weighted by molar-refractivity contribution is 7.92. The first-order valence-corrected chi connectivity index (χ1v) is 10.2. The van der Waals surface area contributed by atoms with E-state index in [2.05, 4.69) is 4.98 Å². The molecule has 4 rings (SSSR count). The molecule has 1 aromatic heterocycles. The third-order valence-corrected chi connectivity index (χ3v) is 6.77. The molecule has 0 saturated heterocycles. The number of benzene rings is 2. The van der Waals surface area contributed by atoms with Crippen molar-refractivity contribution in [2.45, 2.75) is 11.3 Å². The lowest BCUT2D eigenvalue weighted by Gasteiger charge is -2.19. The lowest BCUT2D eigenvalue weighted by Crippen LogP contribution is -2.30. The van der Waals surface area contributed by atoms with Crippen LogP contribution in [0, 0.1) is 0 Å². The summed E-state index contributed by atoms with van der Waals surface area (Å²) in [5.41, 5.74) is 1.18. The van der Waals surface area contributed by atoms with E-state index in [1.807, 2.05) is 12.1 Å². The highest BCUT2D eigenvalue weighted by Crippen LogP contribution is 2.35. The fourth-order valence-electron chi connectivity index (χ4n) is 3.23. The average Bonchev–Trinajstić information content (AvgIpc) is 3.09. The summed E-state index contributed by atoms with van der Waals surface area (Å²) in [5, 5.41) is 10.1. The zero-order valence-corrected chi connectivity index (χ0v) is 16.3. The second-order valence-corrected chi connectivity index (χ2v) is 8.57. The van der Waals surface area contributed by atoms with Crippen LogP contribution in [-0.4, -0.2) is 38.1 Å². The molecule has 0 atom stereocenters. The first kappa shape index (κ1) is 18.5. The van der Waals surface area contributed by atoms with E-state index >= 15 is 0 Å². The fraction of sp³-hybridized carbons (Fsp3) is 0.158. The number of anilines is 1. The van der Waals surface area contributed by atoms with Crippen LogP contribution < -0.4 is 9.04 Å². The van der Waals surface area contributed by atoms with Crippen molar-refractivity contribution in [3.63, 3.8) is 0 Å². The number of fused-ring (bicyclic) bond motifs is 2. The van der Waals surface area contributed by atoms with Gasteiger partial charge in [-0.15, -0.1) is 0 Å². The van der Waals surface area contributed by atoms with Crippen LogP contribution >= 0.6 is 11.6 Å². The highest BCUT2D eigenvalue weighted by atomic mass is 35.5. The predicted octanol–water partition coefficient (Wildman–Crippen LogP) is 3.35. The van der Waals surface area contributed by atoms with Gasteiger partial charge in [-0.3, -0.25) is 0 Å². The first-order valence-electron chi connectivity index (χ1n) is 8.34. The summed E-state index contributed by atoms with van der Waals surface area (Å²) >= 11 is 5.86. The number of nitrogens with zero attached hydrogens (tertiary/aromatic N) is 2. The van der Waals surface area contributed by atoms with Gasteiger partial charge in [0.2, 0.25) is 0 Å². The summed E-state index contributed by atoms with van der Waals surface area (Å²) in [6.45, 7) is 0.225. The molecular formula is C19H15ClN2O5S. The van der Waals surface area contributed by atoms with Gasteiger partial charge in [-0.25, -0.2) is 22.5 Å². The molecule has 1 aliphatic rings. The number of pyridine rings is 1. The molecule has 0 aliphatic carbocycles. The van der Waals surface area contributed by atoms with Gasteiger partial charge in [0, 0.05) is 11.9 Å². The van der Waals surface area contributed by atoms with Crippen molar-refractivity contribution >= 4 is 44.3 Å². The first-order chi connectivity index (χ1) is 13.3. The minimum atomic E-state index is -3.98. The molecule has 9 heteroatoms. The molecule has 144 valence electrons. The van der Waals surface area contributed by atoms with Gasteiger partial charge in [-0.2, -0.15) is 0 Å². The number of hydrogen-bond donors (Lipinski definition) is 1. The highest BCUT2D eigenvalue weighted by Gasteiger charge is 2.33. The van der Waals surface area contributed by atoms with Crippen LogP contribution in [0.25, 0.3) is 10.9 Å². The molecule has 3 aromatic rings. The summed E-state index contributed by atoms with van der Waals surface area (Å²) in [7, 11) is -2.41. The van der Waals surface area contributed by atoms with Crippen LogP contribution in [0.5, 0.6) is 5.75 Å². The van der Waals surface area contributed by atoms with Crippen molar-refractivity contribution in [2.24, 2.45) is 0 Å². The Labute approximate surface area is 166 Å². The third kappa shape index (κ3) is 2.94. The number of halogens is 1. The van der Waals surface area contributed by atoms with E-state index in [-0.39, 0.29) is 22.0 Å². The lowest BCUT2D eigenvalue weighted by molar-refractivity contribution is 0.0697. The topological polar surface area (TPSA) is 96.8 Å². The van der Waals surface area contributed by atoms with Crippen molar-refractivity contribution in [1.82, 2.24) is 4.98 Å². The minimum Gasteiger partial charge on any atom is -0.497 e. The molecule has 0 spiro atoms. The largest absolute Gasteiger partial charge is 0.497 e. The second kappa shape index (κ2) is 6.65. The Hall–Kier alpha value is -2.84. The van der Waals surface area contributed by atoms with E-state index in [1.165, 1.54) is 16.4 Å². The number of aromatic nitrogens is 1. The Morgan fingerprint density at radius 2 is 2.00 bits per heavy atom. The van der Waals surface area contributed by atoms with E-state index in [4.69, 9.17) is 16.3 Å². The van der Waals surface area contributed by atoms with Crippen LogP contribution in [0.4, 0.5) is 5.82 Å². The van der Waals surface area contributed by atoms with Gasteiger partial charge in [0.1, 0.15) is 11.6 Å². The molecule has 2 heterocycles. The van der Waals surface area contributed by atoms with Crippen molar-refractivity contribution in [1.29, 1.82) is 0 Å². The number of sulfonamides is 1. The molecule has 28 heavy (non-hydrogen) atoms. The maximum absolute atomic E-state index is 13.1. The number of rotatable bonds is 4. The Bertz CT molecular complexity index is 1230. The number of carboxylic acids is 1. The zero-order valence-electron chi connectivity index (χ0n) is 14.7. The maximum atomic E-state index is 13.1. The minimum absolute atomic E-state index is 0.0219. The van der Waals surface area contributed by atoms with Crippen LogP contribution in [-0.2, 0) is 16.4 Å². The summed E-state index contributed by atoms with van der Waals surface area (Å²) in [6, 6.07) is 10.9. The van der Waals surface area contributed by atoms with Gasteiger partial charge in [0.15, 0.2) is 0 Å². The molecule has 2 aromatic carbocycles. The summed E-state index contributed by atoms with van der Waals surface area (Å²) in [6.07, 6.45) is 0.508. The van der Waals surface area contributed by atoms with Gasteiger partial charge in [-0.05, 0) is 54.4 Å². The standard InChI is InChI=1S/C19H15ClN2O5S/c1-27-13-2-5-17-12(9-13)8-11-6-7-22(18(11)21-17)28(25,26)14-3-4-16(20)15(10-14)19(23)24/h2-5,8-10H,6-7H2,1H3,(H,23,24). The van der Waals surface area contributed by atoms with E-state index in [0.29, 0.717) is 23.5 Å². The Morgan fingerprint density at radius 3 is 2.71 bits per heavy atom. The Balaban J connectivity index is 1.81. The molecule has 0 radical (unpaired) electrons. The number of ether oxygens (including phenoxy) is 1. The van der Waals surface area contributed by atoms with E-state index in [0.717, 1.165) is 17.0 Å². The van der Waals surface area contributed by atoms with Gasteiger partial charge in [-0.1, -0.05) is 11.6 Å². The van der Waals surface area contributed by atoms with Crippen LogP contribution in [0.3, 0.4) is 0 Å². The number of methoxy groups -OCH3 is 1. The number of hydrogen-bond acceptors (Lipinski definition) is 5. The van der Waals surface area contributed by atoms with Crippen LogP contribution in [0.2, 0.25) is 5.02 Å². The quantitative estimate of drug-likeness (QED) is 0.697. The monoisotopic (exact) mass is 418 g/mol. The lowest BCUT2D eigenvalue weighted by atomic mass is 10.1. The molecule has 0 saturated carbocycles. The van der Waals surface area contributed by atoms with Crippen molar-refractivity contribution in [2.75, 3.05) is 18.0 Å². The van der Waals surface area contributed by atoms with Crippen molar-refractivity contribution in [3.05, 3.63) is 58.6 Å². The normalized spacial score (nSPS) is 13.6. The SMILES string of the molecule is COc1ccc2nc3c(cc2c1)CCN3S(=O)(=O)c1ccc(Cl)c(C(=O)O)c1. The Morgan fingerprint density at radius 1 is 1.21 bits per heavy atom. The third-order valence-electron chi connectivity index (χ3n) is 4.65. The zero-order chi connectivity index (χ0) is 20.1.